The highest BCUT2D eigenvalue weighted by atomic mass is 16.5. The molecule has 90 valence electrons. The molecule has 1 rings (SSSR count). The smallest absolute Gasteiger partial charge is 0.0701 e. The Hall–Kier alpha value is -0.970. The number of nitrogens with two attached hydrogens (primary N) is 1. The zero-order valence-corrected chi connectivity index (χ0v) is 9.60. The van der Waals surface area contributed by atoms with Crippen molar-refractivity contribution in [2.45, 2.75) is 12.8 Å². The first kappa shape index (κ1) is 13.1. The van der Waals surface area contributed by atoms with Gasteiger partial charge < -0.3 is 15.2 Å². The van der Waals surface area contributed by atoms with Gasteiger partial charge in [-0.1, -0.05) is 0 Å². The van der Waals surface area contributed by atoms with Crippen LogP contribution in [0.1, 0.15) is 12.0 Å². The van der Waals surface area contributed by atoms with Crippen LogP contribution in [-0.2, 0) is 15.9 Å². The summed E-state index contributed by atoms with van der Waals surface area (Å²) in [5, 5.41) is 0. The molecule has 0 aliphatic heterocycles. The van der Waals surface area contributed by atoms with Crippen molar-refractivity contribution < 1.29 is 9.47 Å². The molecule has 4 heteroatoms. The van der Waals surface area contributed by atoms with E-state index in [9.17, 15) is 0 Å². The fraction of sp³-hybridized carbons (Fsp3) is 0.583. The number of aromatic nitrogens is 1. The van der Waals surface area contributed by atoms with Gasteiger partial charge in [-0.2, -0.15) is 0 Å². The van der Waals surface area contributed by atoms with E-state index in [2.05, 4.69) is 4.98 Å². The third kappa shape index (κ3) is 6.50. The Morgan fingerprint density at radius 1 is 1.00 bits per heavy atom. The van der Waals surface area contributed by atoms with E-state index >= 15 is 0 Å². The molecule has 1 aromatic heterocycles. The Morgan fingerprint density at radius 2 is 1.69 bits per heavy atom. The molecule has 0 bridgehead atoms. The van der Waals surface area contributed by atoms with Crippen LogP contribution in [0.3, 0.4) is 0 Å². The van der Waals surface area contributed by atoms with Gasteiger partial charge in [-0.05, 0) is 30.5 Å². The summed E-state index contributed by atoms with van der Waals surface area (Å²) in [6.45, 7) is 3.24. The van der Waals surface area contributed by atoms with E-state index < -0.39 is 0 Å². The maximum Gasteiger partial charge on any atom is 0.0701 e. The van der Waals surface area contributed by atoms with Crippen LogP contribution < -0.4 is 5.73 Å². The van der Waals surface area contributed by atoms with Gasteiger partial charge in [0.2, 0.25) is 0 Å². The van der Waals surface area contributed by atoms with E-state index in [-0.39, 0.29) is 0 Å². The fourth-order valence-corrected chi connectivity index (χ4v) is 1.33. The van der Waals surface area contributed by atoms with Crippen LogP contribution in [0, 0.1) is 0 Å². The Balaban J connectivity index is 1.89. The number of pyridine rings is 1. The van der Waals surface area contributed by atoms with Crippen molar-refractivity contribution in [2.24, 2.45) is 5.73 Å². The van der Waals surface area contributed by atoms with Crippen molar-refractivity contribution in [3.8, 4) is 0 Å². The predicted molar refractivity (Wildman–Crippen MR) is 63.3 cm³/mol. The minimum absolute atomic E-state index is 0.571. The van der Waals surface area contributed by atoms with Crippen LogP contribution in [0.2, 0.25) is 0 Å². The van der Waals surface area contributed by atoms with Crippen molar-refractivity contribution in [3.05, 3.63) is 30.1 Å². The number of aryl methyl sites for hydroxylation is 1. The molecule has 0 saturated heterocycles. The van der Waals surface area contributed by atoms with E-state index in [4.69, 9.17) is 15.2 Å². The van der Waals surface area contributed by atoms with Gasteiger partial charge in [-0.25, -0.2) is 0 Å². The molecule has 2 N–H and O–H groups in total. The third-order valence-electron chi connectivity index (χ3n) is 2.14. The molecule has 0 aromatic carbocycles. The fourth-order valence-electron chi connectivity index (χ4n) is 1.33. The lowest BCUT2D eigenvalue weighted by Gasteiger charge is -2.04. The van der Waals surface area contributed by atoms with Crippen LogP contribution in [0.15, 0.2) is 24.5 Å². The van der Waals surface area contributed by atoms with Crippen molar-refractivity contribution >= 4 is 0 Å². The molecule has 1 heterocycles. The van der Waals surface area contributed by atoms with Gasteiger partial charge in [-0.3, -0.25) is 4.98 Å². The van der Waals surface area contributed by atoms with Crippen LogP contribution in [0.5, 0.6) is 0 Å². The summed E-state index contributed by atoms with van der Waals surface area (Å²) < 4.78 is 10.6. The summed E-state index contributed by atoms with van der Waals surface area (Å²) in [5.74, 6) is 0. The summed E-state index contributed by atoms with van der Waals surface area (Å²) in [7, 11) is 0. The second-order valence-corrected chi connectivity index (χ2v) is 3.47. The quantitative estimate of drug-likeness (QED) is 0.636. The van der Waals surface area contributed by atoms with Gasteiger partial charge in [0.1, 0.15) is 0 Å². The number of nitrogens with zero attached hydrogens (tertiary/aromatic N) is 1. The molecule has 16 heavy (non-hydrogen) atoms. The molecular weight excluding hydrogens is 204 g/mol. The summed E-state index contributed by atoms with van der Waals surface area (Å²) >= 11 is 0. The summed E-state index contributed by atoms with van der Waals surface area (Å²) in [5.41, 5.74) is 6.59. The maximum atomic E-state index is 5.42. The van der Waals surface area contributed by atoms with Crippen LogP contribution >= 0.6 is 0 Å². The van der Waals surface area contributed by atoms with Crippen LogP contribution in [0.25, 0.3) is 0 Å². The number of rotatable bonds is 9. The summed E-state index contributed by atoms with van der Waals surface area (Å²) in [6, 6.07) is 4.06. The minimum Gasteiger partial charge on any atom is -0.379 e. The monoisotopic (exact) mass is 224 g/mol. The highest BCUT2D eigenvalue weighted by Gasteiger charge is 1.93. The lowest BCUT2D eigenvalue weighted by atomic mass is 10.1. The molecule has 0 amide bonds. The van der Waals surface area contributed by atoms with E-state index in [0.717, 1.165) is 19.4 Å². The molecule has 1 aromatic rings. The van der Waals surface area contributed by atoms with Gasteiger partial charge in [0.15, 0.2) is 0 Å². The first-order valence-corrected chi connectivity index (χ1v) is 5.68. The molecular formula is C12H20N2O2. The zero-order chi connectivity index (χ0) is 11.5. The van der Waals surface area contributed by atoms with Crippen molar-refractivity contribution in [1.29, 1.82) is 0 Å². The van der Waals surface area contributed by atoms with Gasteiger partial charge in [-0.15, -0.1) is 0 Å². The predicted octanol–water partition coefficient (Wildman–Crippen LogP) is 1.01. The first-order chi connectivity index (χ1) is 7.93. The van der Waals surface area contributed by atoms with E-state index in [0.29, 0.717) is 26.4 Å². The molecule has 0 aliphatic rings. The molecule has 0 aliphatic carbocycles. The highest BCUT2D eigenvalue weighted by Crippen LogP contribution is 2.00. The molecule has 0 fully saturated rings. The Labute approximate surface area is 96.8 Å². The molecule has 0 spiro atoms. The number of ether oxygens (including phenoxy) is 2. The normalized spacial score (nSPS) is 10.6. The Bertz CT molecular complexity index is 254. The summed E-state index contributed by atoms with van der Waals surface area (Å²) in [4.78, 5) is 3.97. The van der Waals surface area contributed by atoms with E-state index in [1.54, 1.807) is 0 Å². The molecule has 4 nitrogen and oxygen atoms in total. The molecule has 0 atom stereocenters. The van der Waals surface area contributed by atoms with Crippen LogP contribution in [-0.4, -0.2) is 38.0 Å². The lowest BCUT2D eigenvalue weighted by Crippen LogP contribution is -2.12. The van der Waals surface area contributed by atoms with E-state index in [1.807, 2.05) is 24.5 Å². The zero-order valence-electron chi connectivity index (χ0n) is 9.60. The van der Waals surface area contributed by atoms with Gasteiger partial charge >= 0.3 is 0 Å². The van der Waals surface area contributed by atoms with Crippen molar-refractivity contribution in [3.63, 3.8) is 0 Å². The maximum absolute atomic E-state index is 5.42. The minimum atomic E-state index is 0.571. The second kappa shape index (κ2) is 9.27. The molecule has 0 radical (unpaired) electrons. The number of hydrogen-bond donors (Lipinski definition) is 1. The SMILES string of the molecule is NCCOCCOCCCc1ccncc1. The molecule has 0 unspecified atom stereocenters. The average Bonchev–Trinajstić information content (AvgIpc) is 2.34. The van der Waals surface area contributed by atoms with Crippen molar-refractivity contribution in [1.82, 2.24) is 4.98 Å². The Kier molecular flexibility index (Phi) is 7.59. The third-order valence-corrected chi connectivity index (χ3v) is 2.14. The molecule has 0 saturated carbocycles. The summed E-state index contributed by atoms with van der Waals surface area (Å²) in [6.07, 6.45) is 5.70. The standard InChI is InChI=1S/C12H20N2O2/c13-5-9-16-11-10-15-8-1-2-12-3-6-14-7-4-12/h3-4,6-7H,1-2,5,8-11,13H2. The lowest BCUT2D eigenvalue weighted by molar-refractivity contribution is 0.0499. The largest absolute Gasteiger partial charge is 0.379 e. The van der Waals surface area contributed by atoms with E-state index in [1.165, 1.54) is 5.56 Å². The first-order valence-electron chi connectivity index (χ1n) is 5.68. The Morgan fingerprint density at radius 3 is 2.38 bits per heavy atom. The van der Waals surface area contributed by atoms with Gasteiger partial charge in [0, 0.05) is 25.5 Å². The van der Waals surface area contributed by atoms with Crippen LogP contribution in [0.4, 0.5) is 0 Å². The van der Waals surface area contributed by atoms with Gasteiger partial charge in [0.05, 0.1) is 19.8 Å². The highest BCUT2D eigenvalue weighted by molar-refractivity contribution is 5.09. The topological polar surface area (TPSA) is 57.4 Å². The average molecular weight is 224 g/mol. The second-order valence-electron chi connectivity index (χ2n) is 3.47. The number of hydrogen-bond acceptors (Lipinski definition) is 4. The van der Waals surface area contributed by atoms with Crippen molar-refractivity contribution in [2.75, 3.05) is 33.0 Å². The van der Waals surface area contributed by atoms with Gasteiger partial charge in [0.25, 0.3) is 0 Å².